The summed E-state index contributed by atoms with van der Waals surface area (Å²) < 4.78 is 44.6. The highest BCUT2D eigenvalue weighted by Gasteiger charge is 2.35. The van der Waals surface area contributed by atoms with Gasteiger partial charge in [0, 0.05) is 25.2 Å². The molecule has 9 heteroatoms. The zero-order valence-electron chi connectivity index (χ0n) is 12.9. The molecule has 0 atom stereocenters. The van der Waals surface area contributed by atoms with E-state index in [-0.39, 0.29) is 5.69 Å². The Kier molecular flexibility index (Phi) is 5.19. The standard InChI is InChI=1S/C15H14ClF3N2O3/c1-20-12(15(17,18)19)8-13(22)21(14(20)23)10-3-4-11(16)9(7-10)5-6-24-2/h3-4,7-8H,5-6H2,1-2H3. The fraction of sp³-hybridized carbons (Fsp3) is 0.333. The molecule has 5 nitrogen and oxygen atoms in total. The van der Waals surface area contributed by atoms with Gasteiger partial charge < -0.3 is 4.74 Å². The number of alkyl halides is 3. The minimum Gasteiger partial charge on any atom is -0.384 e. The molecule has 1 aromatic heterocycles. The lowest BCUT2D eigenvalue weighted by molar-refractivity contribution is -0.144. The lowest BCUT2D eigenvalue weighted by Crippen LogP contribution is -2.40. The van der Waals surface area contributed by atoms with Crippen molar-refractivity contribution >= 4 is 11.6 Å². The van der Waals surface area contributed by atoms with Crippen LogP contribution in [0, 0.1) is 0 Å². The molecule has 0 aliphatic carbocycles. The number of rotatable bonds is 4. The zero-order valence-corrected chi connectivity index (χ0v) is 13.6. The van der Waals surface area contributed by atoms with Gasteiger partial charge in [0.2, 0.25) is 0 Å². The van der Waals surface area contributed by atoms with Gasteiger partial charge >= 0.3 is 11.9 Å². The molecule has 0 bridgehead atoms. The molecule has 0 saturated heterocycles. The molecule has 0 fully saturated rings. The third kappa shape index (κ3) is 3.54. The largest absolute Gasteiger partial charge is 0.431 e. The average Bonchev–Trinajstić information content (AvgIpc) is 2.50. The quantitative estimate of drug-likeness (QED) is 0.839. The normalized spacial score (nSPS) is 11.8. The number of ether oxygens (including phenoxy) is 1. The zero-order chi connectivity index (χ0) is 18.1. The number of aromatic nitrogens is 2. The Labute approximate surface area is 139 Å². The van der Waals surface area contributed by atoms with Gasteiger partial charge in [-0.2, -0.15) is 13.2 Å². The van der Waals surface area contributed by atoms with Crippen molar-refractivity contribution in [2.45, 2.75) is 12.6 Å². The first-order chi connectivity index (χ1) is 11.2. The second kappa shape index (κ2) is 6.82. The second-order valence-corrected chi connectivity index (χ2v) is 5.47. The monoisotopic (exact) mass is 362 g/mol. The van der Waals surface area contributed by atoms with Gasteiger partial charge in [-0.3, -0.25) is 9.36 Å². The van der Waals surface area contributed by atoms with Gasteiger partial charge in [0.05, 0.1) is 12.3 Å². The van der Waals surface area contributed by atoms with E-state index in [0.717, 1.165) is 7.05 Å². The molecular weight excluding hydrogens is 349 g/mol. The van der Waals surface area contributed by atoms with Crippen molar-refractivity contribution in [3.8, 4) is 5.69 Å². The van der Waals surface area contributed by atoms with Crippen LogP contribution in [0.2, 0.25) is 5.02 Å². The molecule has 0 radical (unpaired) electrons. The maximum Gasteiger partial charge on any atom is 0.431 e. The van der Waals surface area contributed by atoms with Crippen molar-refractivity contribution in [3.63, 3.8) is 0 Å². The van der Waals surface area contributed by atoms with Crippen LogP contribution in [0.25, 0.3) is 5.69 Å². The van der Waals surface area contributed by atoms with E-state index in [9.17, 15) is 22.8 Å². The molecule has 2 aromatic rings. The van der Waals surface area contributed by atoms with Crippen LogP contribution in [0.15, 0.2) is 33.9 Å². The van der Waals surface area contributed by atoms with Gasteiger partial charge in [-0.1, -0.05) is 11.6 Å². The second-order valence-electron chi connectivity index (χ2n) is 5.06. The average molecular weight is 363 g/mol. The van der Waals surface area contributed by atoms with Crippen LogP contribution in [0.4, 0.5) is 13.2 Å². The minimum atomic E-state index is -4.80. The van der Waals surface area contributed by atoms with Crippen molar-refractivity contribution in [2.75, 3.05) is 13.7 Å². The molecule has 0 N–H and O–H groups in total. The van der Waals surface area contributed by atoms with Crippen LogP contribution < -0.4 is 11.2 Å². The highest BCUT2D eigenvalue weighted by atomic mass is 35.5. The Hall–Kier alpha value is -2.06. The summed E-state index contributed by atoms with van der Waals surface area (Å²) >= 11 is 6.04. The lowest BCUT2D eigenvalue weighted by atomic mass is 10.1. The summed E-state index contributed by atoms with van der Waals surface area (Å²) in [5.41, 5.74) is -2.70. The van der Waals surface area contributed by atoms with E-state index in [1.807, 2.05) is 0 Å². The Bertz CT molecular complexity index is 872. The molecule has 24 heavy (non-hydrogen) atoms. The van der Waals surface area contributed by atoms with Crippen LogP contribution in [0.5, 0.6) is 0 Å². The van der Waals surface area contributed by atoms with Crippen molar-refractivity contribution in [3.05, 3.63) is 61.4 Å². The van der Waals surface area contributed by atoms with E-state index >= 15 is 0 Å². The van der Waals surface area contributed by atoms with Crippen molar-refractivity contribution < 1.29 is 17.9 Å². The van der Waals surface area contributed by atoms with E-state index in [1.165, 1.54) is 25.3 Å². The van der Waals surface area contributed by atoms with Crippen LogP contribution in [-0.4, -0.2) is 22.9 Å². The fourth-order valence-corrected chi connectivity index (χ4v) is 2.45. The number of benzene rings is 1. The predicted octanol–water partition coefficient (Wildman–Crippen LogP) is 2.40. The molecule has 0 aliphatic heterocycles. The highest BCUT2D eigenvalue weighted by molar-refractivity contribution is 6.31. The Balaban J connectivity index is 2.64. The van der Waals surface area contributed by atoms with Gasteiger partial charge in [-0.25, -0.2) is 9.36 Å². The van der Waals surface area contributed by atoms with Gasteiger partial charge in [-0.15, -0.1) is 0 Å². The van der Waals surface area contributed by atoms with Crippen molar-refractivity contribution in [1.82, 2.24) is 9.13 Å². The maximum absolute atomic E-state index is 12.9. The molecule has 2 rings (SSSR count). The van der Waals surface area contributed by atoms with Gasteiger partial charge in [0.15, 0.2) is 0 Å². The molecule has 0 spiro atoms. The summed E-state index contributed by atoms with van der Waals surface area (Å²) in [6, 6.07) is 4.75. The SMILES string of the molecule is COCCc1cc(-n2c(=O)cc(C(F)(F)F)n(C)c2=O)ccc1Cl. The number of hydrogen-bond acceptors (Lipinski definition) is 3. The number of halogens is 4. The van der Waals surface area contributed by atoms with E-state index in [1.54, 1.807) is 0 Å². The molecular formula is C15H14ClF3N2O3. The molecule has 1 heterocycles. The fourth-order valence-electron chi connectivity index (χ4n) is 2.24. The number of nitrogens with zero attached hydrogens (tertiary/aromatic N) is 2. The summed E-state index contributed by atoms with van der Waals surface area (Å²) in [7, 11) is 2.47. The summed E-state index contributed by atoms with van der Waals surface area (Å²) in [6.07, 6.45) is -4.37. The predicted molar refractivity (Wildman–Crippen MR) is 82.9 cm³/mol. The maximum atomic E-state index is 12.9. The summed E-state index contributed by atoms with van der Waals surface area (Å²) in [6.45, 7) is 0.364. The topological polar surface area (TPSA) is 53.2 Å². The Morgan fingerprint density at radius 2 is 1.88 bits per heavy atom. The van der Waals surface area contributed by atoms with Gasteiger partial charge in [-0.05, 0) is 30.2 Å². The third-order valence-corrected chi connectivity index (χ3v) is 3.84. The first-order valence-corrected chi connectivity index (χ1v) is 7.22. The first-order valence-electron chi connectivity index (χ1n) is 6.85. The molecule has 0 aliphatic rings. The summed E-state index contributed by atoms with van der Waals surface area (Å²) in [5, 5.41) is 0.410. The first kappa shape index (κ1) is 18.3. The summed E-state index contributed by atoms with van der Waals surface area (Å²) in [5.74, 6) is 0. The Morgan fingerprint density at radius 3 is 2.46 bits per heavy atom. The van der Waals surface area contributed by atoms with Crippen molar-refractivity contribution in [2.24, 2.45) is 7.05 Å². The van der Waals surface area contributed by atoms with Crippen LogP contribution in [0.1, 0.15) is 11.3 Å². The molecule has 0 saturated carbocycles. The van der Waals surface area contributed by atoms with Crippen molar-refractivity contribution in [1.29, 1.82) is 0 Å². The molecule has 130 valence electrons. The number of hydrogen-bond donors (Lipinski definition) is 0. The number of methoxy groups -OCH3 is 1. The van der Waals surface area contributed by atoms with E-state index in [0.29, 0.717) is 38.8 Å². The van der Waals surface area contributed by atoms with E-state index in [4.69, 9.17) is 16.3 Å². The van der Waals surface area contributed by atoms with Crippen LogP contribution >= 0.6 is 11.6 Å². The van der Waals surface area contributed by atoms with Gasteiger partial charge in [0.25, 0.3) is 5.56 Å². The molecule has 0 amide bonds. The van der Waals surface area contributed by atoms with Crippen LogP contribution in [-0.2, 0) is 24.4 Å². The minimum absolute atomic E-state index is 0.143. The molecule has 0 unspecified atom stereocenters. The van der Waals surface area contributed by atoms with Gasteiger partial charge in [0.1, 0.15) is 5.69 Å². The van der Waals surface area contributed by atoms with E-state index < -0.39 is 23.1 Å². The smallest absolute Gasteiger partial charge is 0.384 e. The molecule has 1 aromatic carbocycles. The van der Waals surface area contributed by atoms with Crippen LogP contribution in [0.3, 0.4) is 0 Å². The highest BCUT2D eigenvalue weighted by Crippen LogP contribution is 2.27. The third-order valence-electron chi connectivity index (χ3n) is 3.47. The van der Waals surface area contributed by atoms with E-state index in [2.05, 4.69) is 0 Å². The lowest BCUT2D eigenvalue weighted by Gasteiger charge is -2.14. The summed E-state index contributed by atoms with van der Waals surface area (Å²) in [4.78, 5) is 24.3. The Morgan fingerprint density at radius 1 is 1.21 bits per heavy atom.